The summed E-state index contributed by atoms with van der Waals surface area (Å²) in [7, 11) is 0. The number of nitrogens with one attached hydrogen (secondary N) is 2. The minimum atomic E-state index is -0.448. The highest BCUT2D eigenvalue weighted by Crippen LogP contribution is 2.31. The van der Waals surface area contributed by atoms with Gasteiger partial charge in [-0.25, -0.2) is 4.39 Å². The molecule has 0 heterocycles. The van der Waals surface area contributed by atoms with E-state index < -0.39 is 5.82 Å². The zero-order valence-electron chi connectivity index (χ0n) is 15.1. The van der Waals surface area contributed by atoms with E-state index in [1.807, 2.05) is 13.0 Å². The Morgan fingerprint density at radius 2 is 1.41 bits per heavy atom. The van der Waals surface area contributed by atoms with Crippen LogP contribution in [0, 0.1) is 24.6 Å². The highest BCUT2D eigenvalue weighted by molar-refractivity contribution is 6.31. The van der Waals surface area contributed by atoms with Gasteiger partial charge in [-0.05, 0) is 62.4 Å². The van der Waals surface area contributed by atoms with Crippen molar-refractivity contribution in [3.05, 3.63) is 58.9 Å². The minimum Gasteiger partial charge on any atom is -0.326 e. The average Bonchev–Trinajstić information content (AvgIpc) is 2.67. The van der Waals surface area contributed by atoms with Gasteiger partial charge in [-0.3, -0.25) is 9.59 Å². The quantitative estimate of drug-likeness (QED) is 0.758. The highest BCUT2D eigenvalue weighted by atomic mass is 35.5. The monoisotopic (exact) mass is 388 g/mol. The molecule has 0 saturated heterocycles. The lowest BCUT2D eigenvalue weighted by molar-refractivity contribution is -0.125. The van der Waals surface area contributed by atoms with Gasteiger partial charge in [-0.2, -0.15) is 0 Å². The van der Waals surface area contributed by atoms with Gasteiger partial charge in [0, 0.05) is 22.5 Å². The van der Waals surface area contributed by atoms with E-state index in [9.17, 15) is 14.0 Å². The molecule has 142 valence electrons. The smallest absolute Gasteiger partial charge is 0.227 e. The molecule has 4 nitrogen and oxygen atoms in total. The molecule has 0 aliphatic heterocycles. The second-order valence-electron chi connectivity index (χ2n) is 6.92. The van der Waals surface area contributed by atoms with Crippen molar-refractivity contribution >= 4 is 34.8 Å². The van der Waals surface area contributed by atoms with Crippen LogP contribution in [0.2, 0.25) is 5.02 Å². The number of amides is 2. The third-order valence-corrected chi connectivity index (χ3v) is 5.54. The number of halogens is 2. The summed E-state index contributed by atoms with van der Waals surface area (Å²) in [6.07, 6.45) is 2.46. The molecule has 3 rings (SSSR count). The fraction of sp³-hybridized carbons (Fsp3) is 0.333. The third-order valence-electron chi connectivity index (χ3n) is 5.13. The molecule has 6 heteroatoms. The maximum Gasteiger partial charge on any atom is 0.227 e. The Kier molecular flexibility index (Phi) is 6.11. The number of hydrogen-bond donors (Lipinski definition) is 2. The predicted octanol–water partition coefficient (Wildman–Crippen LogP) is 5.17. The van der Waals surface area contributed by atoms with Crippen LogP contribution in [0.1, 0.15) is 31.2 Å². The van der Waals surface area contributed by atoms with E-state index in [-0.39, 0.29) is 29.3 Å². The topological polar surface area (TPSA) is 58.2 Å². The standard InChI is InChI=1S/C21H22ClFN2O2/c1-13-16(22)5-4-8-18(13)24-20(26)14-9-11-15(12-10-14)21(27)25-19-7-3-2-6-17(19)23/h2-8,14-15H,9-12H2,1H3,(H,24,26)(H,25,27). The number of hydrogen-bond acceptors (Lipinski definition) is 2. The number of para-hydroxylation sites is 1. The van der Waals surface area contributed by atoms with Crippen molar-refractivity contribution in [2.45, 2.75) is 32.6 Å². The van der Waals surface area contributed by atoms with Gasteiger partial charge in [-0.15, -0.1) is 0 Å². The number of rotatable bonds is 4. The Balaban J connectivity index is 1.54. The van der Waals surface area contributed by atoms with E-state index in [0.717, 1.165) is 5.56 Å². The van der Waals surface area contributed by atoms with Crippen LogP contribution in [-0.2, 0) is 9.59 Å². The van der Waals surface area contributed by atoms with Gasteiger partial charge in [0.25, 0.3) is 0 Å². The summed E-state index contributed by atoms with van der Waals surface area (Å²) in [5.74, 6) is -1.03. The first-order chi connectivity index (χ1) is 13.0. The van der Waals surface area contributed by atoms with Crippen LogP contribution in [0.3, 0.4) is 0 Å². The van der Waals surface area contributed by atoms with Crippen LogP contribution >= 0.6 is 11.6 Å². The van der Waals surface area contributed by atoms with Gasteiger partial charge in [-0.1, -0.05) is 29.8 Å². The van der Waals surface area contributed by atoms with Gasteiger partial charge in [0.2, 0.25) is 11.8 Å². The highest BCUT2D eigenvalue weighted by Gasteiger charge is 2.30. The van der Waals surface area contributed by atoms with Gasteiger partial charge in [0.05, 0.1) is 5.69 Å². The number of carbonyl (C=O) groups is 2. The summed E-state index contributed by atoms with van der Waals surface area (Å²) >= 11 is 6.09. The van der Waals surface area contributed by atoms with E-state index in [2.05, 4.69) is 10.6 Å². The molecule has 0 atom stereocenters. The number of anilines is 2. The molecule has 27 heavy (non-hydrogen) atoms. The first kappa shape index (κ1) is 19.4. The minimum absolute atomic E-state index is 0.0478. The lowest BCUT2D eigenvalue weighted by Crippen LogP contribution is -2.32. The van der Waals surface area contributed by atoms with E-state index >= 15 is 0 Å². The SMILES string of the molecule is Cc1c(Cl)cccc1NC(=O)C1CCC(C(=O)Nc2ccccc2F)CC1. The molecule has 0 bridgehead atoms. The maximum absolute atomic E-state index is 13.7. The molecule has 2 amide bonds. The predicted molar refractivity (Wildman–Crippen MR) is 105 cm³/mol. The van der Waals surface area contributed by atoms with Gasteiger partial charge in [0.1, 0.15) is 5.82 Å². The van der Waals surface area contributed by atoms with Gasteiger partial charge >= 0.3 is 0 Å². The third kappa shape index (κ3) is 4.66. The van der Waals surface area contributed by atoms with Crippen LogP contribution in [0.15, 0.2) is 42.5 Å². The van der Waals surface area contributed by atoms with E-state index in [1.165, 1.54) is 6.07 Å². The fourth-order valence-corrected chi connectivity index (χ4v) is 3.57. The summed E-state index contributed by atoms with van der Waals surface area (Å²) in [6.45, 7) is 1.86. The molecule has 1 fully saturated rings. The molecule has 2 N–H and O–H groups in total. The summed E-state index contributed by atoms with van der Waals surface area (Å²) in [6, 6.07) is 11.5. The van der Waals surface area contributed by atoms with E-state index in [0.29, 0.717) is 36.4 Å². The molecule has 2 aromatic carbocycles. The van der Waals surface area contributed by atoms with Crippen molar-refractivity contribution in [2.75, 3.05) is 10.6 Å². The Labute approximate surface area is 163 Å². The summed E-state index contributed by atoms with van der Waals surface area (Å²) in [5, 5.41) is 6.20. The molecule has 0 radical (unpaired) electrons. The van der Waals surface area contributed by atoms with Crippen molar-refractivity contribution in [1.29, 1.82) is 0 Å². The molecule has 1 aliphatic rings. The molecule has 1 saturated carbocycles. The Bertz CT molecular complexity index is 848. The second kappa shape index (κ2) is 8.53. The largest absolute Gasteiger partial charge is 0.326 e. The van der Waals surface area contributed by atoms with Crippen LogP contribution in [0.4, 0.5) is 15.8 Å². The fourth-order valence-electron chi connectivity index (χ4n) is 3.39. The van der Waals surface area contributed by atoms with E-state index in [1.54, 1.807) is 30.3 Å². The summed E-state index contributed by atoms with van der Waals surface area (Å²) < 4.78 is 13.7. The van der Waals surface area contributed by atoms with Gasteiger partial charge in [0.15, 0.2) is 0 Å². The molecular formula is C21H22ClFN2O2. The molecule has 0 aromatic heterocycles. The lowest BCUT2D eigenvalue weighted by atomic mass is 9.81. The maximum atomic E-state index is 13.7. The van der Waals surface area contributed by atoms with Crippen molar-refractivity contribution in [1.82, 2.24) is 0 Å². The summed E-state index contributed by atoms with van der Waals surface area (Å²) in [4.78, 5) is 24.9. The average molecular weight is 389 g/mol. The van der Waals surface area contributed by atoms with Crippen molar-refractivity contribution in [3.63, 3.8) is 0 Å². The Morgan fingerprint density at radius 3 is 2.00 bits per heavy atom. The first-order valence-electron chi connectivity index (χ1n) is 9.07. The zero-order chi connectivity index (χ0) is 19.4. The van der Waals surface area contributed by atoms with Crippen LogP contribution < -0.4 is 10.6 Å². The lowest BCUT2D eigenvalue weighted by Gasteiger charge is -2.27. The van der Waals surface area contributed by atoms with Crippen molar-refractivity contribution < 1.29 is 14.0 Å². The zero-order valence-corrected chi connectivity index (χ0v) is 15.9. The number of carbonyl (C=O) groups excluding carboxylic acids is 2. The molecule has 1 aliphatic carbocycles. The summed E-state index contributed by atoms with van der Waals surface area (Å²) in [5.41, 5.74) is 1.75. The van der Waals surface area contributed by atoms with Crippen molar-refractivity contribution in [2.24, 2.45) is 11.8 Å². The van der Waals surface area contributed by atoms with Crippen molar-refractivity contribution in [3.8, 4) is 0 Å². The van der Waals surface area contributed by atoms with Crippen LogP contribution in [-0.4, -0.2) is 11.8 Å². The normalized spacial score (nSPS) is 19.4. The Morgan fingerprint density at radius 1 is 0.889 bits per heavy atom. The molecule has 0 spiro atoms. The first-order valence-corrected chi connectivity index (χ1v) is 9.45. The molecule has 0 unspecified atom stereocenters. The van der Waals surface area contributed by atoms with Gasteiger partial charge < -0.3 is 10.6 Å². The number of benzene rings is 2. The van der Waals surface area contributed by atoms with E-state index in [4.69, 9.17) is 11.6 Å². The molecule has 2 aromatic rings. The van der Waals surface area contributed by atoms with Crippen LogP contribution in [0.25, 0.3) is 0 Å². The second-order valence-corrected chi connectivity index (χ2v) is 7.33. The Hall–Kier alpha value is -2.40. The molecular weight excluding hydrogens is 367 g/mol. The van der Waals surface area contributed by atoms with Crippen LogP contribution in [0.5, 0.6) is 0 Å².